The van der Waals surface area contributed by atoms with E-state index in [0.29, 0.717) is 6.42 Å². The molecule has 0 fully saturated rings. The van der Waals surface area contributed by atoms with Crippen LogP contribution in [0.1, 0.15) is 43.0 Å². The summed E-state index contributed by atoms with van der Waals surface area (Å²) in [5.41, 5.74) is 3.56. The van der Waals surface area contributed by atoms with Gasteiger partial charge in [0.15, 0.2) is 0 Å². The summed E-state index contributed by atoms with van der Waals surface area (Å²) in [7, 11) is 0. The van der Waals surface area contributed by atoms with E-state index in [1.54, 1.807) is 0 Å². The molecule has 1 aromatic carbocycles. The first-order valence-electron chi connectivity index (χ1n) is 8.91. The van der Waals surface area contributed by atoms with Gasteiger partial charge in [0.1, 0.15) is 0 Å². The Morgan fingerprint density at radius 3 is 3.00 bits per heavy atom. The van der Waals surface area contributed by atoms with E-state index < -0.39 is 0 Å². The van der Waals surface area contributed by atoms with Crippen molar-refractivity contribution in [2.75, 3.05) is 0 Å². The van der Waals surface area contributed by atoms with E-state index in [9.17, 15) is 4.79 Å². The number of hydrogen-bond donors (Lipinski definition) is 2. The SMILES string of the molecule is O=C(CCCn1cccc1)N[C@H]1CCCc2c1[nH]c1ccc(Cl)cc21. The predicted molar refractivity (Wildman–Crippen MR) is 101 cm³/mol. The van der Waals surface area contributed by atoms with E-state index in [1.807, 2.05) is 42.7 Å². The Bertz CT molecular complexity index is 882. The summed E-state index contributed by atoms with van der Waals surface area (Å²) in [6, 6.07) is 10.0. The topological polar surface area (TPSA) is 49.8 Å². The molecule has 0 spiro atoms. The number of aromatic nitrogens is 2. The van der Waals surface area contributed by atoms with Gasteiger partial charge in [-0.1, -0.05) is 11.6 Å². The van der Waals surface area contributed by atoms with Crippen LogP contribution >= 0.6 is 11.6 Å². The molecule has 0 bridgehead atoms. The van der Waals surface area contributed by atoms with Gasteiger partial charge in [-0.05, 0) is 61.6 Å². The van der Waals surface area contributed by atoms with Crippen molar-refractivity contribution in [2.45, 2.75) is 44.7 Å². The van der Waals surface area contributed by atoms with Crippen molar-refractivity contribution in [3.8, 4) is 0 Å². The first kappa shape index (κ1) is 16.3. The lowest BCUT2D eigenvalue weighted by Crippen LogP contribution is -2.31. The Labute approximate surface area is 152 Å². The molecular formula is C20H22ClN3O. The number of nitrogens with zero attached hydrogens (tertiary/aromatic N) is 1. The molecule has 0 unspecified atom stereocenters. The summed E-state index contributed by atoms with van der Waals surface area (Å²) >= 11 is 6.15. The second-order valence-corrected chi connectivity index (χ2v) is 7.18. The van der Waals surface area contributed by atoms with Crippen molar-refractivity contribution in [1.82, 2.24) is 14.9 Å². The molecular weight excluding hydrogens is 334 g/mol. The van der Waals surface area contributed by atoms with Gasteiger partial charge in [0.05, 0.1) is 6.04 Å². The van der Waals surface area contributed by atoms with Crippen LogP contribution in [0.3, 0.4) is 0 Å². The molecule has 2 aromatic heterocycles. The summed E-state index contributed by atoms with van der Waals surface area (Å²) in [4.78, 5) is 15.9. The van der Waals surface area contributed by atoms with Gasteiger partial charge in [-0.2, -0.15) is 0 Å². The Morgan fingerprint density at radius 2 is 2.16 bits per heavy atom. The smallest absolute Gasteiger partial charge is 0.220 e. The van der Waals surface area contributed by atoms with Gasteiger partial charge in [-0.25, -0.2) is 0 Å². The summed E-state index contributed by atoms with van der Waals surface area (Å²) in [5, 5.41) is 5.16. The maximum atomic E-state index is 12.4. The fourth-order valence-corrected chi connectivity index (χ4v) is 3.96. The molecule has 3 aromatic rings. The predicted octanol–water partition coefficient (Wildman–Crippen LogP) is 4.60. The van der Waals surface area contributed by atoms with Crippen LogP contribution in [0, 0.1) is 0 Å². The number of nitrogens with one attached hydrogen (secondary N) is 2. The number of rotatable bonds is 5. The minimum atomic E-state index is 0.0778. The molecule has 1 aliphatic carbocycles. The van der Waals surface area contributed by atoms with Crippen molar-refractivity contribution < 1.29 is 4.79 Å². The number of halogens is 1. The second-order valence-electron chi connectivity index (χ2n) is 6.74. The van der Waals surface area contributed by atoms with Crippen molar-refractivity contribution in [3.63, 3.8) is 0 Å². The quantitative estimate of drug-likeness (QED) is 0.690. The largest absolute Gasteiger partial charge is 0.356 e. The fraction of sp³-hybridized carbons (Fsp3) is 0.350. The van der Waals surface area contributed by atoms with Crippen LogP contribution in [0.2, 0.25) is 5.02 Å². The third kappa shape index (κ3) is 3.45. The Hall–Kier alpha value is -2.20. The molecule has 0 aliphatic heterocycles. The number of carbonyl (C=O) groups is 1. The monoisotopic (exact) mass is 355 g/mol. The Kier molecular flexibility index (Phi) is 4.53. The number of fused-ring (bicyclic) bond motifs is 3. The lowest BCUT2D eigenvalue weighted by atomic mass is 9.91. The standard InChI is InChI=1S/C20H22ClN3O/c21-14-8-9-17-16(13-14)15-5-3-6-18(20(15)23-17)22-19(25)7-4-12-24-10-1-2-11-24/h1-2,8-11,13,18,23H,3-7,12H2,(H,22,25)/t18-/m0/s1. The zero-order valence-corrected chi connectivity index (χ0v) is 14.9. The van der Waals surface area contributed by atoms with E-state index in [2.05, 4.69) is 14.9 Å². The highest BCUT2D eigenvalue weighted by molar-refractivity contribution is 6.31. The molecule has 0 saturated heterocycles. The van der Waals surface area contributed by atoms with E-state index in [0.717, 1.165) is 48.5 Å². The highest BCUT2D eigenvalue weighted by Crippen LogP contribution is 2.35. The third-order valence-electron chi connectivity index (χ3n) is 4.99. The van der Waals surface area contributed by atoms with Gasteiger partial charge in [-0.15, -0.1) is 0 Å². The Morgan fingerprint density at radius 1 is 1.32 bits per heavy atom. The van der Waals surface area contributed by atoms with Crippen LogP contribution in [0.4, 0.5) is 0 Å². The molecule has 5 heteroatoms. The van der Waals surface area contributed by atoms with E-state index in [1.165, 1.54) is 10.9 Å². The van der Waals surface area contributed by atoms with Crippen LogP contribution in [0.5, 0.6) is 0 Å². The first-order chi connectivity index (χ1) is 12.2. The van der Waals surface area contributed by atoms with Crippen LogP contribution < -0.4 is 5.32 Å². The maximum Gasteiger partial charge on any atom is 0.220 e. The van der Waals surface area contributed by atoms with Gasteiger partial charge >= 0.3 is 0 Å². The van der Waals surface area contributed by atoms with Gasteiger partial charge in [0.25, 0.3) is 0 Å². The number of amides is 1. The van der Waals surface area contributed by atoms with Crippen molar-refractivity contribution in [1.29, 1.82) is 0 Å². The van der Waals surface area contributed by atoms with Crippen molar-refractivity contribution in [3.05, 3.63) is 59.0 Å². The van der Waals surface area contributed by atoms with Gasteiger partial charge in [0, 0.05) is 47.0 Å². The van der Waals surface area contributed by atoms with Crippen molar-refractivity contribution in [2.24, 2.45) is 0 Å². The number of carbonyl (C=O) groups excluding carboxylic acids is 1. The summed E-state index contributed by atoms with van der Waals surface area (Å²) in [6.45, 7) is 0.876. The summed E-state index contributed by atoms with van der Waals surface area (Å²) < 4.78 is 2.10. The lowest BCUT2D eigenvalue weighted by Gasteiger charge is -2.24. The number of benzene rings is 1. The first-order valence-corrected chi connectivity index (χ1v) is 9.28. The van der Waals surface area contributed by atoms with E-state index in [4.69, 9.17) is 11.6 Å². The molecule has 1 aliphatic rings. The molecule has 0 saturated carbocycles. The molecule has 4 nitrogen and oxygen atoms in total. The molecule has 1 atom stereocenters. The molecule has 2 N–H and O–H groups in total. The fourth-order valence-electron chi connectivity index (χ4n) is 3.79. The highest BCUT2D eigenvalue weighted by atomic mass is 35.5. The number of aromatic amines is 1. The number of aryl methyl sites for hydroxylation is 2. The minimum Gasteiger partial charge on any atom is -0.356 e. The van der Waals surface area contributed by atoms with Gasteiger partial charge in [-0.3, -0.25) is 4.79 Å². The number of H-pyrrole nitrogens is 1. The van der Waals surface area contributed by atoms with Crippen LogP contribution in [-0.4, -0.2) is 15.5 Å². The summed E-state index contributed by atoms with van der Waals surface area (Å²) in [6.07, 6.45) is 8.56. The minimum absolute atomic E-state index is 0.0778. The highest BCUT2D eigenvalue weighted by Gasteiger charge is 2.25. The second kappa shape index (κ2) is 6.96. The van der Waals surface area contributed by atoms with E-state index >= 15 is 0 Å². The zero-order chi connectivity index (χ0) is 17.2. The number of hydrogen-bond acceptors (Lipinski definition) is 1. The van der Waals surface area contributed by atoms with E-state index in [-0.39, 0.29) is 11.9 Å². The normalized spacial score (nSPS) is 16.8. The molecule has 4 rings (SSSR count). The molecule has 0 radical (unpaired) electrons. The molecule has 2 heterocycles. The molecule has 1 amide bonds. The zero-order valence-electron chi connectivity index (χ0n) is 14.1. The third-order valence-corrected chi connectivity index (χ3v) is 5.23. The lowest BCUT2D eigenvalue weighted by molar-refractivity contribution is -0.122. The molecule has 130 valence electrons. The average molecular weight is 356 g/mol. The van der Waals surface area contributed by atoms with Gasteiger partial charge < -0.3 is 14.9 Å². The van der Waals surface area contributed by atoms with Crippen LogP contribution in [-0.2, 0) is 17.8 Å². The maximum absolute atomic E-state index is 12.4. The van der Waals surface area contributed by atoms with Crippen LogP contribution in [0.25, 0.3) is 10.9 Å². The molecule has 25 heavy (non-hydrogen) atoms. The van der Waals surface area contributed by atoms with Gasteiger partial charge in [0.2, 0.25) is 5.91 Å². The van der Waals surface area contributed by atoms with Crippen molar-refractivity contribution >= 4 is 28.4 Å². The summed E-state index contributed by atoms with van der Waals surface area (Å²) in [5.74, 6) is 0.127. The average Bonchev–Trinajstić information content (AvgIpc) is 3.23. The Balaban J connectivity index is 1.43. The van der Waals surface area contributed by atoms with Crippen LogP contribution in [0.15, 0.2) is 42.7 Å².